The van der Waals surface area contributed by atoms with Gasteiger partial charge in [-0.05, 0) is 43.5 Å². The molecule has 30 heavy (non-hydrogen) atoms. The van der Waals surface area contributed by atoms with Gasteiger partial charge in [-0.15, -0.1) is 0 Å². The summed E-state index contributed by atoms with van der Waals surface area (Å²) in [4.78, 5) is 13.9. The molecule has 5 rings (SSSR count). The third kappa shape index (κ3) is 3.47. The number of aryl methyl sites for hydroxylation is 2. The first-order valence-corrected chi connectivity index (χ1v) is 14.1. The molecule has 0 spiro atoms. The summed E-state index contributed by atoms with van der Waals surface area (Å²) in [5, 5.41) is 9.39. The largest absolute Gasteiger partial charge is 0.324 e. The Hall–Kier alpha value is -2.80. The highest BCUT2D eigenvalue weighted by Crippen LogP contribution is 2.39. The summed E-state index contributed by atoms with van der Waals surface area (Å²) in [6.07, 6.45) is 6.18. The molecule has 0 atom stereocenters. The van der Waals surface area contributed by atoms with Gasteiger partial charge in [0.2, 0.25) is 5.95 Å². The summed E-state index contributed by atoms with van der Waals surface area (Å²) in [6, 6.07) is 11.0. The molecule has 6 nitrogen and oxygen atoms in total. The van der Waals surface area contributed by atoms with Crippen molar-refractivity contribution < 1.29 is 0 Å². The van der Waals surface area contributed by atoms with Crippen LogP contribution in [0.4, 0.5) is 11.6 Å². The molecule has 3 aromatic heterocycles. The minimum Gasteiger partial charge on any atom is -0.324 e. The molecule has 0 aliphatic carbocycles. The Kier molecular flexibility index (Phi) is 4.58. The van der Waals surface area contributed by atoms with Crippen molar-refractivity contribution in [2.75, 3.05) is 5.32 Å². The van der Waals surface area contributed by atoms with Crippen molar-refractivity contribution in [3.63, 3.8) is 0 Å². The molecule has 4 aromatic rings. The summed E-state index contributed by atoms with van der Waals surface area (Å²) < 4.78 is 1.93. The van der Waals surface area contributed by atoms with Gasteiger partial charge in [0, 0.05) is 38.3 Å². The van der Waals surface area contributed by atoms with Crippen molar-refractivity contribution in [1.82, 2.24) is 24.7 Å². The van der Waals surface area contributed by atoms with Crippen molar-refractivity contribution in [3.05, 3.63) is 47.9 Å². The molecule has 0 amide bonds. The molecule has 154 valence electrons. The highest BCUT2D eigenvalue weighted by molar-refractivity contribution is 6.77. The van der Waals surface area contributed by atoms with Crippen LogP contribution in [0.3, 0.4) is 0 Å². The van der Waals surface area contributed by atoms with E-state index in [4.69, 9.17) is 10.1 Å². The van der Waals surface area contributed by atoms with E-state index in [1.54, 1.807) is 0 Å². The molecule has 1 aliphatic rings. The average Bonchev–Trinajstić information content (AvgIpc) is 3.04. The summed E-state index contributed by atoms with van der Waals surface area (Å²) in [5.74, 6) is 1.12. The second kappa shape index (κ2) is 7.16. The Labute approximate surface area is 177 Å². The summed E-state index contributed by atoms with van der Waals surface area (Å²) in [6.45, 7) is 7.09. The predicted molar refractivity (Wildman–Crippen MR) is 125 cm³/mol. The van der Waals surface area contributed by atoms with Crippen LogP contribution in [0.25, 0.3) is 21.9 Å². The van der Waals surface area contributed by atoms with Crippen LogP contribution in [0.1, 0.15) is 30.0 Å². The smallest absolute Gasteiger partial charge is 0.227 e. The van der Waals surface area contributed by atoms with Gasteiger partial charge in [-0.2, -0.15) is 5.10 Å². The Balaban J connectivity index is 1.50. The summed E-state index contributed by atoms with van der Waals surface area (Å²) in [5.41, 5.74) is 6.25. The number of nitrogens with one attached hydrogen (secondary N) is 1. The van der Waals surface area contributed by atoms with Crippen molar-refractivity contribution >= 4 is 41.6 Å². The molecule has 0 unspecified atom stereocenters. The van der Waals surface area contributed by atoms with E-state index in [1.807, 2.05) is 30.2 Å². The molecule has 7 heteroatoms. The molecular formula is C23H28N6Si. The molecule has 0 saturated carbocycles. The fourth-order valence-corrected chi connectivity index (χ4v) is 7.06. The molecule has 1 saturated heterocycles. The number of aromatic nitrogens is 5. The molecule has 0 bridgehead atoms. The third-order valence-electron chi connectivity index (χ3n) is 6.54. The molecule has 4 heterocycles. The second-order valence-electron chi connectivity index (χ2n) is 9.36. The Bertz CT molecular complexity index is 1240. The third-order valence-corrected chi connectivity index (χ3v) is 9.82. The number of hydrogen-bond acceptors (Lipinski definition) is 5. The lowest BCUT2D eigenvalue weighted by atomic mass is 9.98. The van der Waals surface area contributed by atoms with E-state index >= 15 is 0 Å². The lowest BCUT2D eigenvalue weighted by Gasteiger charge is -2.31. The predicted octanol–water partition coefficient (Wildman–Crippen LogP) is 5.55. The first-order chi connectivity index (χ1) is 14.4. The topological polar surface area (TPSA) is 68.5 Å². The van der Waals surface area contributed by atoms with Gasteiger partial charge in [0.05, 0.1) is 17.4 Å². The van der Waals surface area contributed by atoms with Crippen LogP contribution in [0.15, 0.2) is 36.7 Å². The lowest BCUT2D eigenvalue weighted by Crippen LogP contribution is -2.30. The Morgan fingerprint density at radius 2 is 1.93 bits per heavy atom. The lowest BCUT2D eigenvalue weighted by molar-refractivity contribution is 0.576. The SMILES string of the molecule is Cc1cc2ncccc2cc1Nc1ncc2c(n1)c(C1CC[Si](C)(C)CC1)nn2C. The number of nitrogens with zero attached hydrogens (tertiary/aromatic N) is 5. The average molecular weight is 417 g/mol. The van der Waals surface area contributed by atoms with Gasteiger partial charge < -0.3 is 5.32 Å². The number of anilines is 2. The zero-order valence-electron chi connectivity index (χ0n) is 18.1. The van der Waals surface area contributed by atoms with E-state index in [-0.39, 0.29) is 0 Å². The Morgan fingerprint density at radius 3 is 2.73 bits per heavy atom. The zero-order valence-corrected chi connectivity index (χ0v) is 19.1. The van der Waals surface area contributed by atoms with Crippen LogP contribution in [-0.4, -0.2) is 32.8 Å². The first-order valence-electron chi connectivity index (χ1n) is 10.7. The molecular weight excluding hydrogens is 388 g/mol. The van der Waals surface area contributed by atoms with Crippen molar-refractivity contribution in [3.8, 4) is 0 Å². The van der Waals surface area contributed by atoms with E-state index in [1.165, 1.54) is 24.9 Å². The molecule has 1 aromatic carbocycles. The molecule has 1 aliphatic heterocycles. The number of benzene rings is 1. The van der Waals surface area contributed by atoms with Gasteiger partial charge in [-0.1, -0.05) is 31.2 Å². The highest BCUT2D eigenvalue weighted by atomic mass is 28.3. The summed E-state index contributed by atoms with van der Waals surface area (Å²) in [7, 11) is 0.989. The van der Waals surface area contributed by atoms with Crippen LogP contribution in [-0.2, 0) is 7.05 Å². The van der Waals surface area contributed by atoms with Gasteiger partial charge in [0.25, 0.3) is 0 Å². The van der Waals surface area contributed by atoms with Gasteiger partial charge >= 0.3 is 0 Å². The van der Waals surface area contributed by atoms with Crippen molar-refractivity contribution in [2.24, 2.45) is 7.05 Å². The number of pyridine rings is 1. The van der Waals surface area contributed by atoms with Crippen LogP contribution in [0.2, 0.25) is 25.2 Å². The van der Waals surface area contributed by atoms with Gasteiger partial charge in [0.15, 0.2) is 0 Å². The maximum atomic E-state index is 4.91. The van der Waals surface area contributed by atoms with Crippen LogP contribution < -0.4 is 5.32 Å². The number of rotatable bonds is 3. The fraction of sp³-hybridized carbons (Fsp3) is 0.391. The maximum Gasteiger partial charge on any atom is 0.227 e. The maximum absolute atomic E-state index is 4.91. The summed E-state index contributed by atoms with van der Waals surface area (Å²) >= 11 is 0. The second-order valence-corrected chi connectivity index (χ2v) is 14.7. The monoisotopic (exact) mass is 416 g/mol. The molecule has 1 fully saturated rings. The minimum absolute atomic E-state index is 0.505. The van der Waals surface area contributed by atoms with E-state index in [0.717, 1.165) is 38.9 Å². The standard InChI is InChI=1S/C23H28N6Si/c1-15-12-19-17(6-5-9-24-19)13-18(15)26-23-25-14-20-22(27-23)21(28-29(20)2)16-7-10-30(3,4)11-8-16/h5-6,9,12-14,16H,7-8,10-11H2,1-4H3,(H,25,26,27). The van der Waals surface area contributed by atoms with Gasteiger partial charge in [-0.25, -0.2) is 9.97 Å². The van der Waals surface area contributed by atoms with E-state index < -0.39 is 8.07 Å². The van der Waals surface area contributed by atoms with Gasteiger partial charge in [0.1, 0.15) is 11.0 Å². The van der Waals surface area contributed by atoms with Crippen LogP contribution in [0, 0.1) is 6.92 Å². The zero-order chi connectivity index (χ0) is 20.9. The van der Waals surface area contributed by atoms with E-state index in [0.29, 0.717) is 11.9 Å². The number of fused-ring (bicyclic) bond motifs is 2. The highest BCUT2D eigenvalue weighted by Gasteiger charge is 2.32. The van der Waals surface area contributed by atoms with E-state index in [9.17, 15) is 0 Å². The fourth-order valence-electron chi connectivity index (χ4n) is 4.55. The van der Waals surface area contributed by atoms with E-state index in [2.05, 4.69) is 53.5 Å². The van der Waals surface area contributed by atoms with Crippen LogP contribution in [0.5, 0.6) is 0 Å². The number of hydrogen-bond donors (Lipinski definition) is 1. The normalized spacial score (nSPS) is 16.9. The Morgan fingerprint density at radius 1 is 1.13 bits per heavy atom. The minimum atomic E-state index is -1.00. The van der Waals surface area contributed by atoms with Gasteiger partial charge in [-0.3, -0.25) is 9.67 Å². The quantitative estimate of drug-likeness (QED) is 0.444. The van der Waals surface area contributed by atoms with Crippen LogP contribution >= 0.6 is 0 Å². The van der Waals surface area contributed by atoms with Crippen molar-refractivity contribution in [2.45, 2.75) is 50.9 Å². The van der Waals surface area contributed by atoms with Crippen molar-refractivity contribution in [1.29, 1.82) is 0 Å². The molecule has 1 N–H and O–H groups in total. The first kappa shape index (κ1) is 19.2. The molecule has 0 radical (unpaired) electrons.